The van der Waals surface area contributed by atoms with Crippen LogP contribution in [0.2, 0.25) is 0 Å². The molecule has 1 aliphatic rings. The highest BCUT2D eigenvalue weighted by atomic mass is 16.5. The fourth-order valence-corrected chi connectivity index (χ4v) is 2.84. The third-order valence-corrected chi connectivity index (χ3v) is 3.93. The number of hydrogen-bond acceptors (Lipinski definition) is 2. The van der Waals surface area contributed by atoms with Gasteiger partial charge in [0.2, 0.25) is 0 Å². The molecular weight excluding hydrogens is 234 g/mol. The smallest absolute Gasteiger partial charge is 0.119 e. The lowest BCUT2D eigenvalue weighted by Crippen LogP contribution is -2.26. The van der Waals surface area contributed by atoms with E-state index in [-0.39, 0.29) is 0 Å². The molecule has 0 aromatic heterocycles. The van der Waals surface area contributed by atoms with Gasteiger partial charge in [-0.15, -0.1) is 0 Å². The number of nitrogens with one attached hydrogen (secondary N) is 1. The SMILES string of the molecule is CCCOc1cccc(CNC2CCC(C)(C)C2)c1. The van der Waals surface area contributed by atoms with Gasteiger partial charge in [-0.25, -0.2) is 0 Å². The van der Waals surface area contributed by atoms with Gasteiger partial charge in [-0.05, 0) is 48.8 Å². The minimum absolute atomic E-state index is 0.518. The van der Waals surface area contributed by atoms with E-state index in [9.17, 15) is 0 Å². The second-order valence-corrected chi connectivity index (χ2v) is 6.48. The molecule has 1 aromatic carbocycles. The summed E-state index contributed by atoms with van der Waals surface area (Å²) in [6.45, 7) is 8.62. The van der Waals surface area contributed by atoms with Crippen molar-refractivity contribution >= 4 is 0 Å². The summed E-state index contributed by atoms with van der Waals surface area (Å²) in [6, 6.07) is 9.13. The average Bonchev–Trinajstić information content (AvgIpc) is 2.74. The zero-order valence-electron chi connectivity index (χ0n) is 12.5. The Balaban J connectivity index is 1.82. The van der Waals surface area contributed by atoms with E-state index in [1.807, 2.05) is 6.07 Å². The van der Waals surface area contributed by atoms with Gasteiger partial charge in [0.15, 0.2) is 0 Å². The second kappa shape index (κ2) is 6.42. The van der Waals surface area contributed by atoms with Crippen LogP contribution in [0.15, 0.2) is 24.3 Å². The normalized spacial score (nSPS) is 21.5. The van der Waals surface area contributed by atoms with Crippen LogP contribution in [0.3, 0.4) is 0 Å². The van der Waals surface area contributed by atoms with Crippen LogP contribution in [-0.4, -0.2) is 12.6 Å². The minimum atomic E-state index is 0.518. The molecule has 19 heavy (non-hydrogen) atoms. The first-order valence-corrected chi connectivity index (χ1v) is 7.54. The molecule has 0 bridgehead atoms. The van der Waals surface area contributed by atoms with E-state index in [4.69, 9.17) is 4.74 Å². The number of hydrogen-bond donors (Lipinski definition) is 1. The fourth-order valence-electron chi connectivity index (χ4n) is 2.84. The summed E-state index contributed by atoms with van der Waals surface area (Å²) in [7, 11) is 0. The van der Waals surface area contributed by atoms with Gasteiger partial charge in [0.05, 0.1) is 6.61 Å². The quantitative estimate of drug-likeness (QED) is 0.831. The molecule has 1 unspecified atom stereocenters. The molecule has 0 saturated heterocycles. The van der Waals surface area contributed by atoms with Crippen molar-refractivity contribution in [2.75, 3.05) is 6.61 Å². The lowest BCUT2D eigenvalue weighted by Gasteiger charge is -2.18. The Labute approximate surface area is 117 Å². The Morgan fingerprint density at radius 2 is 2.21 bits per heavy atom. The second-order valence-electron chi connectivity index (χ2n) is 6.48. The molecule has 1 aromatic rings. The molecule has 2 nitrogen and oxygen atoms in total. The van der Waals surface area contributed by atoms with Crippen LogP contribution in [0.4, 0.5) is 0 Å². The van der Waals surface area contributed by atoms with E-state index in [1.54, 1.807) is 0 Å². The molecule has 1 aliphatic carbocycles. The van der Waals surface area contributed by atoms with E-state index < -0.39 is 0 Å². The van der Waals surface area contributed by atoms with Crippen LogP contribution in [0.1, 0.15) is 52.0 Å². The van der Waals surface area contributed by atoms with Crippen LogP contribution in [0, 0.1) is 5.41 Å². The summed E-state index contributed by atoms with van der Waals surface area (Å²) in [5.74, 6) is 0.993. The standard InChI is InChI=1S/C17H27NO/c1-4-10-19-16-7-5-6-14(11-16)13-18-15-8-9-17(2,3)12-15/h5-7,11,15,18H,4,8-10,12-13H2,1-3H3. The molecule has 0 aliphatic heterocycles. The summed E-state index contributed by atoms with van der Waals surface area (Å²) in [5, 5.41) is 3.68. The average molecular weight is 261 g/mol. The van der Waals surface area contributed by atoms with Crippen LogP contribution >= 0.6 is 0 Å². The van der Waals surface area contributed by atoms with Crippen molar-refractivity contribution in [1.29, 1.82) is 0 Å². The molecule has 0 radical (unpaired) electrons. The first-order valence-electron chi connectivity index (χ1n) is 7.54. The molecule has 1 fully saturated rings. The molecule has 1 atom stereocenters. The molecule has 1 saturated carbocycles. The number of rotatable bonds is 6. The van der Waals surface area contributed by atoms with Crippen molar-refractivity contribution in [2.45, 2.75) is 59.0 Å². The zero-order chi connectivity index (χ0) is 13.7. The van der Waals surface area contributed by atoms with Crippen LogP contribution in [0.5, 0.6) is 5.75 Å². The molecule has 0 spiro atoms. The number of ether oxygens (including phenoxy) is 1. The lowest BCUT2D eigenvalue weighted by atomic mass is 9.92. The van der Waals surface area contributed by atoms with E-state index in [2.05, 4.69) is 44.3 Å². The van der Waals surface area contributed by atoms with Gasteiger partial charge in [-0.1, -0.05) is 32.9 Å². The summed E-state index contributed by atoms with van der Waals surface area (Å²) < 4.78 is 5.67. The van der Waals surface area contributed by atoms with Crippen LogP contribution in [-0.2, 0) is 6.54 Å². The summed E-state index contributed by atoms with van der Waals surface area (Å²) in [5.41, 5.74) is 1.84. The van der Waals surface area contributed by atoms with Crippen molar-refractivity contribution in [3.8, 4) is 5.75 Å². The molecule has 2 rings (SSSR count). The topological polar surface area (TPSA) is 21.3 Å². The largest absolute Gasteiger partial charge is 0.494 e. The van der Waals surface area contributed by atoms with E-state index in [0.717, 1.165) is 25.3 Å². The highest BCUT2D eigenvalue weighted by molar-refractivity contribution is 5.28. The maximum absolute atomic E-state index is 5.67. The van der Waals surface area contributed by atoms with Crippen molar-refractivity contribution < 1.29 is 4.74 Å². The zero-order valence-corrected chi connectivity index (χ0v) is 12.5. The lowest BCUT2D eigenvalue weighted by molar-refractivity contribution is 0.317. The molecule has 0 heterocycles. The van der Waals surface area contributed by atoms with E-state index >= 15 is 0 Å². The molecule has 0 amide bonds. The Kier molecular flexibility index (Phi) is 4.87. The fraction of sp³-hybridized carbons (Fsp3) is 0.647. The Morgan fingerprint density at radius 3 is 2.89 bits per heavy atom. The van der Waals surface area contributed by atoms with Gasteiger partial charge in [0, 0.05) is 12.6 Å². The van der Waals surface area contributed by atoms with Crippen molar-refractivity contribution in [1.82, 2.24) is 5.32 Å². The van der Waals surface area contributed by atoms with Gasteiger partial charge in [-0.3, -0.25) is 0 Å². The maximum atomic E-state index is 5.67. The summed E-state index contributed by atoms with van der Waals surface area (Å²) >= 11 is 0. The predicted octanol–water partition coefficient (Wildman–Crippen LogP) is 4.14. The first-order chi connectivity index (χ1) is 9.09. The number of benzene rings is 1. The molecule has 106 valence electrons. The third kappa shape index (κ3) is 4.54. The van der Waals surface area contributed by atoms with Gasteiger partial charge in [0.25, 0.3) is 0 Å². The first kappa shape index (κ1) is 14.4. The summed E-state index contributed by atoms with van der Waals surface area (Å²) in [4.78, 5) is 0. The van der Waals surface area contributed by atoms with Crippen LogP contribution < -0.4 is 10.1 Å². The molecule has 2 heteroatoms. The van der Waals surface area contributed by atoms with Gasteiger partial charge in [0.1, 0.15) is 5.75 Å². The maximum Gasteiger partial charge on any atom is 0.119 e. The Bertz CT molecular complexity index is 400. The monoisotopic (exact) mass is 261 g/mol. The molecule has 1 N–H and O–H groups in total. The Morgan fingerprint density at radius 1 is 1.37 bits per heavy atom. The molecular formula is C17H27NO. The highest BCUT2D eigenvalue weighted by Gasteiger charge is 2.30. The summed E-state index contributed by atoms with van der Waals surface area (Å²) in [6.07, 6.45) is 4.99. The van der Waals surface area contributed by atoms with Crippen LogP contribution in [0.25, 0.3) is 0 Å². The van der Waals surface area contributed by atoms with Crippen molar-refractivity contribution in [3.63, 3.8) is 0 Å². The Hall–Kier alpha value is -1.02. The van der Waals surface area contributed by atoms with Crippen molar-refractivity contribution in [2.24, 2.45) is 5.41 Å². The third-order valence-electron chi connectivity index (χ3n) is 3.93. The van der Waals surface area contributed by atoms with Gasteiger partial charge < -0.3 is 10.1 Å². The van der Waals surface area contributed by atoms with E-state index in [0.29, 0.717) is 11.5 Å². The van der Waals surface area contributed by atoms with Gasteiger partial charge in [-0.2, -0.15) is 0 Å². The highest BCUT2D eigenvalue weighted by Crippen LogP contribution is 2.36. The predicted molar refractivity (Wildman–Crippen MR) is 80.5 cm³/mol. The van der Waals surface area contributed by atoms with E-state index in [1.165, 1.54) is 24.8 Å². The van der Waals surface area contributed by atoms with Crippen molar-refractivity contribution in [3.05, 3.63) is 29.8 Å². The minimum Gasteiger partial charge on any atom is -0.494 e. The van der Waals surface area contributed by atoms with Gasteiger partial charge >= 0.3 is 0 Å².